The molecule has 23 heavy (non-hydrogen) atoms. The lowest BCUT2D eigenvalue weighted by atomic mass is 10.0. The minimum absolute atomic E-state index is 0.0712. The van der Waals surface area contributed by atoms with Crippen molar-refractivity contribution < 1.29 is 18.7 Å². The molecule has 3 rings (SSSR count). The number of hydrogen-bond donors (Lipinski definition) is 1. The Hall–Kier alpha value is -2.11. The van der Waals surface area contributed by atoms with Gasteiger partial charge >= 0.3 is 0 Å². The second-order valence-corrected chi connectivity index (χ2v) is 6.19. The fourth-order valence-corrected chi connectivity index (χ4v) is 2.81. The highest BCUT2D eigenvalue weighted by atomic mass is 19.1. The third kappa shape index (κ3) is 4.43. The van der Waals surface area contributed by atoms with E-state index in [9.17, 15) is 14.0 Å². The molecule has 5 nitrogen and oxygen atoms in total. The zero-order valence-electron chi connectivity index (χ0n) is 13.0. The Morgan fingerprint density at radius 3 is 2.61 bits per heavy atom. The molecule has 2 aliphatic rings. The zero-order chi connectivity index (χ0) is 16.2. The normalized spacial score (nSPS) is 18.6. The van der Waals surface area contributed by atoms with Crippen molar-refractivity contribution in [1.82, 2.24) is 10.2 Å². The molecule has 1 saturated heterocycles. The lowest BCUT2D eigenvalue weighted by Gasteiger charge is -2.32. The van der Waals surface area contributed by atoms with Crippen molar-refractivity contribution in [1.29, 1.82) is 0 Å². The summed E-state index contributed by atoms with van der Waals surface area (Å²) in [6, 6.07) is 5.79. The molecule has 1 aromatic carbocycles. The molecule has 0 atom stereocenters. The summed E-state index contributed by atoms with van der Waals surface area (Å²) in [6.07, 6.45) is 3.58. The quantitative estimate of drug-likeness (QED) is 0.899. The van der Waals surface area contributed by atoms with Gasteiger partial charge in [-0.05, 0) is 37.8 Å². The summed E-state index contributed by atoms with van der Waals surface area (Å²) < 4.78 is 18.3. The Bertz CT molecular complexity index is 581. The number of hydrogen-bond acceptors (Lipinski definition) is 3. The van der Waals surface area contributed by atoms with Gasteiger partial charge in [-0.3, -0.25) is 9.59 Å². The predicted octanol–water partition coefficient (Wildman–Crippen LogP) is 1.72. The van der Waals surface area contributed by atoms with Crippen molar-refractivity contribution in [3.05, 3.63) is 30.1 Å². The number of rotatable bonds is 5. The maximum atomic E-state index is 13.0. The molecule has 1 saturated carbocycles. The fraction of sp³-hybridized carbons (Fsp3) is 0.529. The molecular weight excluding hydrogens is 299 g/mol. The molecule has 0 unspecified atom stereocenters. The summed E-state index contributed by atoms with van der Waals surface area (Å²) in [5, 5.41) is 2.91. The maximum Gasteiger partial charge on any atom is 0.258 e. The Morgan fingerprint density at radius 2 is 1.96 bits per heavy atom. The third-order valence-corrected chi connectivity index (χ3v) is 4.26. The summed E-state index contributed by atoms with van der Waals surface area (Å²) >= 11 is 0. The minimum Gasteiger partial charge on any atom is -0.484 e. The monoisotopic (exact) mass is 320 g/mol. The number of benzene rings is 1. The lowest BCUT2D eigenvalue weighted by Crippen LogP contribution is -2.47. The highest BCUT2D eigenvalue weighted by Crippen LogP contribution is 2.31. The van der Waals surface area contributed by atoms with Gasteiger partial charge in [-0.15, -0.1) is 0 Å². The molecule has 6 heteroatoms. The molecule has 0 radical (unpaired) electrons. The van der Waals surface area contributed by atoms with Crippen LogP contribution in [0, 0.1) is 11.7 Å². The van der Waals surface area contributed by atoms with Crippen LogP contribution in [0.5, 0.6) is 5.75 Å². The first-order valence-corrected chi connectivity index (χ1v) is 8.08. The number of ether oxygens (including phenoxy) is 1. The molecule has 2 amide bonds. The molecule has 1 aromatic rings. The van der Waals surface area contributed by atoms with E-state index < -0.39 is 5.82 Å². The molecule has 0 spiro atoms. The molecule has 1 N–H and O–H groups in total. The first-order valence-electron chi connectivity index (χ1n) is 8.08. The van der Waals surface area contributed by atoms with E-state index in [0.717, 1.165) is 25.7 Å². The van der Waals surface area contributed by atoms with Gasteiger partial charge in [0.15, 0.2) is 6.61 Å². The van der Waals surface area contributed by atoms with E-state index in [2.05, 4.69) is 5.32 Å². The molecular formula is C17H21FN2O3. The second-order valence-electron chi connectivity index (χ2n) is 6.19. The molecule has 0 aromatic heterocycles. The van der Waals surface area contributed by atoms with Crippen LogP contribution in [0.15, 0.2) is 24.3 Å². The van der Waals surface area contributed by atoms with E-state index >= 15 is 0 Å². The van der Waals surface area contributed by atoms with Gasteiger partial charge in [0.05, 0.1) is 0 Å². The highest BCUT2D eigenvalue weighted by molar-refractivity contribution is 5.81. The summed E-state index contributed by atoms with van der Waals surface area (Å²) in [4.78, 5) is 25.8. The maximum absolute atomic E-state index is 13.0. The summed E-state index contributed by atoms with van der Waals surface area (Å²) in [5.41, 5.74) is 0. The Morgan fingerprint density at radius 1 is 1.22 bits per heavy atom. The minimum atomic E-state index is -0.393. The average Bonchev–Trinajstić information content (AvgIpc) is 3.38. The van der Waals surface area contributed by atoms with Crippen LogP contribution >= 0.6 is 0 Å². The molecule has 124 valence electrons. The topological polar surface area (TPSA) is 58.6 Å². The van der Waals surface area contributed by atoms with Crippen molar-refractivity contribution in [2.75, 3.05) is 19.7 Å². The van der Waals surface area contributed by atoms with Crippen LogP contribution in [0.4, 0.5) is 4.39 Å². The van der Waals surface area contributed by atoms with E-state index in [0.29, 0.717) is 18.8 Å². The van der Waals surface area contributed by atoms with E-state index in [1.165, 1.54) is 18.2 Å². The van der Waals surface area contributed by atoms with E-state index in [1.807, 2.05) is 4.90 Å². The second kappa shape index (κ2) is 6.98. The Labute approximate surface area is 134 Å². The number of nitrogens with one attached hydrogen (secondary N) is 1. The van der Waals surface area contributed by atoms with Gasteiger partial charge in [0, 0.05) is 31.1 Å². The first-order chi connectivity index (χ1) is 11.1. The summed E-state index contributed by atoms with van der Waals surface area (Å²) in [5.74, 6) is 0.242. The van der Waals surface area contributed by atoms with Crippen LogP contribution in [0.3, 0.4) is 0 Å². The number of piperidine rings is 1. The van der Waals surface area contributed by atoms with Crippen LogP contribution in [-0.2, 0) is 9.59 Å². The largest absolute Gasteiger partial charge is 0.484 e. The highest BCUT2D eigenvalue weighted by Gasteiger charge is 2.35. The van der Waals surface area contributed by atoms with Crippen molar-refractivity contribution in [3.63, 3.8) is 0 Å². The average molecular weight is 320 g/mol. The zero-order valence-corrected chi connectivity index (χ0v) is 13.0. The van der Waals surface area contributed by atoms with E-state index in [1.54, 1.807) is 6.07 Å². The van der Waals surface area contributed by atoms with Crippen LogP contribution in [-0.4, -0.2) is 42.5 Å². The lowest BCUT2D eigenvalue weighted by molar-refractivity contribution is -0.133. The van der Waals surface area contributed by atoms with Crippen molar-refractivity contribution in [3.8, 4) is 5.75 Å². The van der Waals surface area contributed by atoms with Crippen LogP contribution < -0.4 is 10.1 Å². The SMILES string of the molecule is O=C(COc1cccc(F)c1)NC1CCN(C(=O)C2CC2)CC1. The molecule has 1 aliphatic carbocycles. The number of carbonyl (C=O) groups is 2. The van der Waals surface area contributed by atoms with Crippen molar-refractivity contribution in [2.24, 2.45) is 5.92 Å². The molecule has 1 heterocycles. The molecule has 2 fully saturated rings. The number of nitrogens with zero attached hydrogens (tertiary/aromatic N) is 1. The smallest absolute Gasteiger partial charge is 0.258 e. The first kappa shape index (κ1) is 15.8. The number of carbonyl (C=O) groups excluding carboxylic acids is 2. The van der Waals surface area contributed by atoms with Gasteiger partial charge in [0.1, 0.15) is 11.6 Å². The van der Waals surface area contributed by atoms with Crippen LogP contribution in [0.1, 0.15) is 25.7 Å². The molecule has 1 aliphatic heterocycles. The fourth-order valence-electron chi connectivity index (χ4n) is 2.81. The number of amides is 2. The van der Waals surface area contributed by atoms with Crippen LogP contribution in [0.2, 0.25) is 0 Å². The van der Waals surface area contributed by atoms with Gasteiger partial charge in [-0.1, -0.05) is 6.07 Å². The summed E-state index contributed by atoms with van der Waals surface area (Å²) in [6.45, 7) is 1.26. The Balaban J connectivity index is 1.38. The van der Waals surface area contributed by atoms with Crippen molar-refractivity contribution >= 4 is 11.8 Å². The standard InChI is InChI=1S/C17H21FN2O3/c18-13-2-1-3-15(10-13)23-11-16(21)19-14-6-8-20(9-7-14)17(22)12-4-5-12/h1-3,10,12,14H,4-9,11H2,(H,19,21). The van der Waals surface area contributed by atoms with Crippen LogP contribution in [0.25, 0.3) is 0 Å². The third-order valence-electron chi connectivity index (χ3n) is 4.26. The van der Waals surface area contributed by atoms with Gasteiger partial charge in [-0.25, -0.2) is 4.39 Å². The van der Waals surface area contributed by atoms with Crippen molar-refractivity contribution in [2.45, 2.75) is 31.7 Å². The van der Waals surface area contributed by atoms with Gasteiger partial charge in [0.2, 0.25) is 5.91 Å². The molecule has 0 bridgehead atoms. The van der Waals surface area contributed by atoms with Gasteiger partial charge in [0.25, 0.3) is 5.91 Å². The number of halogens is 1. The van der Waals surface area contributed by atoms with E-state index in [-0.39, 0.29) is 30.4 Å². The van der Waals surface area contributed by atoms with Gasteiger partial charge < -0.3 is 15.0 Å². The van der Waals surface area contributed by atoms with Gasteiger partial charge in [-0.2, -0.15) is 0 Å². The number of likely N-dealkylation sites (tertiary alicyclic amines) is 1. The van der Waals surface area contributed by atoms with E-state index in [4.69, 9.17) is 4.74 Å². The Kier molecular flexibility index (Phi) is 4.79. The summed E-state index contributed by atoms with van der Waals surface area (Å²) in [7, 11) is 0. The predicted molar refractivity (Wildman–Crippen MR) is 82.4 cm³/mol.